The molecule has 8 aromatic carbocycles. The highest BCUT2D eigenvalue weighted by Crippen LogP contribution is 2.46. The lowest BCUT2D eigenvalue weighted by atomic mass is 9.83. The van der Waals surface area contributed by atoms with Crippen molar-refractivity contribution in [2.75, 3.05) is 0 Å². The van der Waals surface area contributed by atoms with E-state index in [1.807, 2.05) is 19.2 Å². The molecule has 0 radical (unpaired) electrons. The van der Waals surface area contributed by atoms with Crippen LogP contribution in [-0.4, -0.2) is 6.21 Å². The van der Waals surface area contributed by atoms with E-state index in [2.05, 4.69) is 189 Å². The van der Waals surface area contributed by atoms with Crippen LogP contribution in [-0.2, 0) is 0 Å². The zero-order valence-electron chi connectivity index (χ0n) is 30.7. The number of benzene rings is 8. The van der Waals surface area contributed by atoms with Gasteiger partial charge in [0.2, 0.25) is 0 Å². The largest absolute Gasteiger partial charge is 0.285 e. The molecule has 1 aliphatic rings. The summed E-state index contributed by atoms with van der Waals surface area (Å²) in [5.41, 5.74) is 13.8. The summed E-state index contributed by atoms with van der Waals surface area (Å²) in [7, 11) is 0. The number of hydrogen-bond acceptors (Lipinski definition) is 1. The molecule has 0 saturated heterocycles. The Kier molecular flexibility index (Phi) is 8.91. The van der Waals surface area contributed by atoms with Crippen LogP contribution in [0.25, 0.3) is 77.3 Å². The minimum Gasteiger partial charge on any atom is -0.285 e. The van der Waals surface area contributed by atoms with Gasteiger partial charge in [-0.25, -0.2) is 0 Å². The molecule has 1 unspecified atom stereocenters. The lowest BCUT2D eigenvalue weighted by Gasteiger charge is -2.21. The van der Waals surface area contributed by atoms with Gasteiger partial charge >= 0.3 is 0 Å². The van der Waals surface area contributed by atoms with Crippen LogP contribution in [0.15, 0.2) is 187 Å². The van der Waals surface area contributed by atoms with Crippen LogP contribution < -0.4 is 0 Å². The standard InChI is InChI=1S/C53H41N/c1-3-4-5-13-37-14-12-15-42(34-37)51-35-41(32-33-54-51)38-26-28-40(29-27-38)52-46-18-8-10-20-48(46)53(49-21-11-9-19-47(49)52)50-31-30-43(39-24-22-36(2)23-25-39)44-16-6-7-17-45(44)50/h3-34,51H,35H2,1-2H3/b4-3-,13-5-. The van der Waals surface area contributed by atoms with E-state index in [9.17, 15) is 0 Å². The van der Waals surface area contributed by atoms with Crippen molar-refractivity contribution in [2.45, 2.75) is 26.3 Å². The van der Waals surface area contributed by atoms with Crippen LogP contribution >= 0.6 is 0 Å². The minimum absolute atomic E-state index is 0.0993. The summed E-state index contributed by atoms with van der Waals surface area (Å²) in [6, 6.07) is 58.4. The Bertz CT molecular complexity index is 2740. The number of dihydropyridines is 1. The highest BCUT2D eigenvalue weighted by molar-refractivity contribution is 6.24. The molecule has 9 rings (SSSR count). The molecule has 258 valence electrons. The molecule has 0 aromatic heterocycles. The SMILES string of the molecule is C/C=C\C=C/c1cccc(C2CC(c3ccc(-c4c5ccccc5c(-c5ccc(-c6ccc(C)cc6)c6ccccc56)c5ccccc45)cc3)=CC=N2)c1. The Morgan fingerprint density at radius 2 is 1.09 bits per heavy atom. The molecule has 1 aliphatic heterocycles. The van der Waals surface area contributed by atoms with Crippen molar-refractivity contribution in [3.05, 3.63) is 204 Å². The van der Waals surface area contributed by atoms with Crippen molar-refractivity contribution in [3.63, 3.8) is 0 Å². The van der Waals surface area contributed by atoms with Gasteiger partial charge in [-0.05, 0) is 120 Å². The summed E-state index contributed by atoms with van der Waals surface area (Å²) < 4.78 is 0. The van der Waals surface area contributed by atoms with E-state index in [1.54, 1.807) is 0 Å². The second-order valence-corrected chi connectivity index (χ2v) is 14.3. The van der Waals surface area contributed by atoms with Crippen LogP contribution in [0.3, 0.4) is 0 Å². The number of hydrogen-bond donors (Lipinski definition) is 0. The molecular formula is C53H41N. The molecule has 0 amide bonds. The first kappa shape index (κ1) is 33.3. The van der Waals surface area contributed by atoms with Gasteiger partial charge in [-0.1, -0.05) is 182 Å². The van der Waals surface area contributed by atoms with E-state index in [1.165, 1.54) is 93.5 Å². The molecule has 1 atom stereocenters. The van der Waals surface area contributed by atoms with E-state index < -0.39 is 0 Å². The maximum absolute atomic E-state index is 4.88. The quantitative estimate of drug-likeness (QED) is 0.117. The molecule has 0 N–H and O–H groups in total. The number of nitrogens with zero attached hydrogens (tertiary/aromatic N) is 1. The monoisotopic (exact) mass is 691 g/mol. The predicted molar refractivity (Wildman–Crippen MR) is 234 cm³/mol. The number of rotatable bonds is 7. The zero-order chi connectivity index (χ0) is 36.4. The fourth-order valence-corrected chi connectivity index (χ4v) is 8.21. The van der Waals surface area contributed by atoms with Gasteiger partial charge in [0.15, 0.2) is 0 Å². The number of aryl methyl sites for hydroxylation is 1. The number of aliphatic imine (C=N–C) groups is 1. The summed E-state index contributed by atoms with van der Waals surface area (Å²) in [5, 5.41) is 7.59. The Labute approximate surface area is 318 Å². The molecular weight excluding hydrogens is 651 g/mol. The smallest absolute Gasteiger partial charge is 0.0789 e. The van der Waals surface area contributed by atoms with E-state index in [4.69, 9.17) is 4.99 Å². The van der Waals surface area contributed by atoms with E-state index >= 15 is 0 Å². The van der Waals surface area contributed by atoms with Gasteiger partial charge in [-0.2, -0.15) is 0 Å². The first-order valence-electron chi connectivity index (χ1n) is 18.9. The Morgan fingerprint density at radius 1 is 0.519 bits per heavy atom. The third kappa shape index (κ3) is 6.18. The van der Waals surface area contributed by atoms with Crippen LogP contribution in [0.5, 0.6) is 0 Å². The summed E-state index contributed by atoms with van der Waals surface area (Å²) in [6.07, 6.45) is 13.4. The second kappa shape index (κ2) is 14.5. The molecule has 0 aliphatic carbocycles. The number of fused-ring (bicyclic) bond motifs is 3. The van der Waals surface area contributed by atoms with Gasteiger partial charge in [0.05, 0.1) is 6.04 Å². The van der Waals surface area contributed by atoms with Gasteiger partial charge < -0.3 is 0 Å². The third-order valence-corrected chi connectivity index (χ3v) is 10.9. The van der Waals surface area contributed by atoms with Crippen LogP contribution in [0.4, 0.5) is 0 Å². The van der Waals surface area contributed by atoms with Crippen LogP contribution in [0, 0.1) is 6.92 Å². The molecule has 0 saturated carbocycles. The fourth-order valence-electron chi connectivity index (χ4n) is 8.21. The van der Waals surface area contributed by atoms with Crippen molar-refractivity contribution in [1.82, 2.24) is 0 Å². The van der Waals surface area contributed by atoms with Gasteiger partial charge in [0, 0.05) is 6.21 Å². The Hall–Kier alpha value is -6.57. The van der Waals surface area contributed by atoms with E-state index in [-0.39, 0.29) is 6.04 Å². The zero-order valence-corrected chi connectivity index (χ0v) is 30.7. The van der Waals surface area contributed by atoms with Crippen molar-refractivity contribution >= 4 is 50.2 Å². The van der Waals surface area contributed by atoms with Crippen molar-refractivity contribution in [3.8, 4) is 33.4 Å². The highest BCUT2D eigenvalue weighted by Gasteiger charge is 2.20. The molecule has 0 spiro atoms. The molecule has 1 nitrogen and oxygen atoms in total. The van der Waals surface area contributed by atoms with Gasteiger partial charge in [-0.3, -0.25) is 4.99 Å². The predicted octanol–water partition coefficient (Wildman–Crippen LogP) is 14.6. The second-order valence-electron chi connectivity index (χ2n) is 14.3. The van der Waals surface area contributed by atoms with Crippen molar-refractivity contribution in [2.24, 2.45) is 4.99 Å². The lowest BCUT2D eigenvalue weighted by molar-refractivity contribution is 0.751. The summed E-state index contributed by atoms with van der Waals surface area (Å²) >= 11 is 0. The molecule has 8 aromatic rings. The molecule has 0 fully saturated rings. The van der Waals surface area contributed by atoms with Gasteiger partial charge in [-0.15, -0.1) is 0 Å². The molecule has 54 heavy (non-hydrogen) atoms. The summed E-state index contributed by atoms with van der Waals surface area (Å²) in [4.78, 5) is 4.88. The normalized spacial score (nSPS) is 14.5. The molecule has 1 heteroatoms. The Morgan fingerprint density at radius 3 is 1.76 bits per heavy atom. The number of allylic oxidation sites excluding steroid dienone is 4. The summed E-state index contributed by atoms with van der Waals surface area (Å²) in [6.45, 7) is 4.18. The van der Waals surface area contributed by atoms with Crippen molar-refractivity contribution in [1.29, 1.82) is 0 Å². The van der Waals surface area contributed by atoms with Crippen LogP contribution in [0.1, 0.15) is 41.6 Å². The average molecular weight is 692 g/mol. The first-order valence-corrected chi connectivity index (χ1v) is 18.9. The Balaban J connectivity index is 1.12. The minimum atomic E-state index is 0.0993. The first-order chi connectivity index (χ1) is 26.7. The molecule has 1 heterocycles. The summed E-state index contributed by atoms with van der Waals surface area (Å²) in [5.74, 6) is 0. The third-order valence-electron chi connectivity index (χ3n) is 10.9. The fraction of sp³-hybridized carbons (Fsp3) is 0.0755. The van der Waals surface area contributed by atoms with Gasteiger partial charge in [0.25, 0.3) is 0 Å². The van der Waals surface area contributed by atoms with E-state index in [0.717, 1.165) is 6.42 Å². The van der Waals surface area contributed by atoms with E-state index in [0.29, 0.717) is 0 Å². The molecule has 0 bridgehead atoms. The van der Waals surface area contributed by atoms with Crippen molar-refractivity contribution < 1.29 is 0 Å². The average Bonchev–Trinajstić information content (AvgIpc) is 3.23. The van der Waals surface area contributed by atoms with Crippen LogP contribution in [0.2, 0.25) is 0 Å². The maximum Gasteiger partial charge on any atom is 0.0789 e. The highest BCUT2D eigenvalue weighted by atomic mass is 14.8. The van der Waals surface area contributed by atoms with Gasteiger partial charge in [0.1, 0.15) is 0 Å². The topological polar surface area (TPSA) is 12.4 Å². The lowest BCUT2D eigenvalue weighted by Crippen LogP contribution is -2.03. The maximum atomic E-state index is 4.88.